The Bertz CT molecular complexity index is 435. The van der Waals surface area contributed by atoms with Crippen LogP contribution < -0.4 is 28.5 Å². The van der Waals surface area contributed by atoms with Gasteiger partial charge in [-0.05, 0) is 37.4 Å². The van der Waals surface area contributed by atoms with Crippen LogP contribution >= 0.6 is 18.2 Å². The van der Waals surface area contributed by atoms with Gasteiger partial charge in [0.25, 0.3) is 0 Å². The van der Waals surface area contributed by atoms with Crippen LogP contribution in [0.15, 0.2) is 30.3 Å². The van der Waals surface area contributed by atoms with Crippen molar-refractivity contribution in [1.82, 2.24) is 4.48 Å². The third-order valence-corrected chi connectivity index (χ3v) is 6.89. The highest BCUT2D eigenvalue weighted by atomic mass is 127. The van der Waals surface area contributed by atoms with E-state index in [1.807, 2.05) is 32.0 Å². The number of quaternary nitrogens is 1. The van der Waals surface area contributed by atoms with Gasteiger partial charge in [0.05, 0.1) is 39.6 Å². The van der Waals surface area contributed by atoms with E-state index in [2.05, 4.69) is 26.2 Å². The number of hydrogen-bond acceptors (Lipinski definition) is 4. The van der Waals surface area contributed by atoms with E-state index in [9.17, 15) is 4.57 Å². The maximum atomic E-state index is 12.3. The third kappa shape index (κ3) is 7.48. The van der Waals surface area contributed by atoms with E-state index in [1.54, 1.807) is 0 Å². The Morgan fingerprint density at radius 3 is 2.10 bits per heavy atom. The molecule has 0 saturated heterocycles. The Hall–Kier alpha value is 0.410. The van der Waals surface area contributed by atoms with Crippen molar-refractivity contribution in [3.05, 3.63) is 30.3 Å². The summed E-state index contributed by atoms with van der Waals surface area (Å²) >= 11 is 1.29. The predicted octanol–water partition coefficient (Wildman–Crippen LogP) is 1.17. The predicted molar refractivity (Wildman–Crippen MR) is 88.3 cm³/mol. The average molecular weight is 445 g/mol. The van der Waals surface area contributed by atoms with Crippen LogP contribution in [0.3, 0.4) is 0 Å². The average Bonchev–Trinajstić information content (AvgIpc) is 2.40. The lowest BCUT2D eigenvalue weighted by molar-refractivity contribution is -0.00000862. The molecule has 0 radical (unpaired) electrons. The minimum absolute atomic E-state index is 0. The van der Waals surface area contributed by atoms with Gasteiger partial charge in [0, 0.05) is 0 Å². The van der Waals surface area contributed by atoms with Gasteiger partial charge in [-0.15, -0.1) is 0 Å². The Morgan fingerprint density at radius 1 is 1.10 bits per heavy atom. The summed E-state index contributed by atoms with van der Waals surface area (Å²) in [7, 11) is 4.28. The van der Waals surface area contributed by atoms with Crippen molar-refractivity contribution >= 4 is 23.9 Å². The second kappa shape index (κ2) is 10.2. The maximum absolute atomic E-state index is 12.3. The van der Waals surface area contributed by atoms with Crippen molar-refractivity contribution in [3.63, 3.8) is 0 Å². The monoisotopic (exact) mass is 445 g/mol. The van der Waals surface area contributed by atoms with Gasteiger partial charge in [0.1, 0.15) is 5.69 Å². The van der Waals surface area contributed by atoms with Crippen molar-refractivity contribution < 1.29 is 37.6 Å². The Labute approximate surface area is 149 Å². The second-order valence-electron chi connectivity index (χ2n) is 4.86. The lowest BCUT2D eigenvalue weighted by Gasteiger charge is -2.29. The van der Waals surface area contributed by atoms with Crippen molar-refractivity contribution in [1.29, 1.82) is 0 Å². The summed E-state index contributed by atoms with van der Waals surface area (Å²) in [5, 5.41) is 0. The quantitative estimate of drug-likeness (QED) is 0.325. The molecular formula is C14H25INO3PS. The van der Waals surface area contributed by atoms with Crippen LogP contribution in [0.25, 0.3) is 0 Å². The number of benzene rings is 1. The second-order valence-corrected chi connectivity index (χ2v) is 9.05. The molecule has 0 aliphatic rings. The molecule has 4 nitrogen and oxygen atoms in total. The molecule has 1 aromatic rings. The molecule has 21 heavy (non-hydrogen) atoms. The molecule has 0 aliphatic carbocycles. The van der Waals surface area contributed by atoms with Crippen LogP contribution in [-0.4, -0.2) is 39.6 Å². The minimum atomic E-state index is -2.99. The molecule has 1 rings (SSSR count). The SMILES string of the molecule is CCOP(=O)(OCC)SCC[N+](C)(C)c1ccccc1.[I-]. The summed E-state index contributed by atoms with van der Waals surface area (Å²) in [6.07, 6.45) is 0. The van der Waals surface area contributed by atoms with Gasteiger partial charge < -0.3 is 33.0 Å². The third-order valence-electron chi connectivity index (χ3n) is 2.93. The van der Waals surface area contributed by atoms with E-state index in [0.717, 1.165) is 16.8 Å². The number of para-hydroxylation sites is 1. The van der Waals surface area contributed by atoms with Gasteiger partial charge in [-0.3, -0.25) is 4.48 Å². The van der Waals surface area contributed by atoms with Crippen LogP contribution in [0.1, 0.15) is 13.8 Å². The Kier molecular flexibility index (Phi) is 10.4. The van der Waals surface area contributed by atoms with E-state index in [0.29, 0.717) is 13.2 Å². The normalized spacial score (nSPS) is 12.0. The van der Waals surface area contributed by atoms with Crippen molar-refractivity contribution in [2.24, 2.45) is 0 Å². The van der Waals surface area contributed by atoms with Crippen LogP contribution in [0.5, 0.6) is 0 Å². The number of hydrogen-bond donors (Lipinski definition) is 0. The van der Waals surface area contributed by atoms with Crippen LogP contribution in [0.4, 0.5) is 5.69 Å². The molecule has 0 saturated carbocycles. The zero-order chi connectivity index (χ0) is 15.1. The maximum Gasteiger partial charge on any atom is 0.389 e. The van der Waals surface area contributed by atoms with E-state index in [1.165, 1.54) is 17.1 Å². The zero-order valence-corrected chi connectivity index (χ0v) is 17.0. The smallest absolute Gasteiger partial charge is 0.389 e. The molecule has 122 valence electrons. The first-order valence-electron chi connectivity index (χ1n) is 6.86. The topological polar surface area (TPSA) is 35.5 Å². The first-order valence-corrected chi connectivity index (χ1v) is 9.99. The van der Waals surface area contributed by atoms with E-state index < -0.39 is 6.80 Å². The van der Waals surface area contributed by atoms with E-state index in [-0.39, 0.29) is 24.0 Å². The molecule has 0 heterocycles. The number of nitrogens with zero attached hydrogens (tertiary/aromatic N) is 1. The summed E-state index contributed by atoms with van der Waals surface area (Å²) in [5.74, 6) is 0.721. The van der Waals surface area contributed by atoms with Crippen molar-refractivity contribution in [2.75, 3.05) is 39.6 Å². The van der Waals surface area contributed by atoms with E-state index in [4.69, 9.17) is 9.05 Å². The highest BCUT2D eigenvalue weighted by Gasteiger charge is 2.27. The minimum Gasteiger partial charge on any atom is -1.00 e. The first-order chi connectivity index (χ1) is 9.43. The number of halogens is 1. The van der Waals surface area contributed by atoms with Crippen molar-refractivity contribution in [3.8, 4) is 0 Å². The fraction of sp³-hybridized carbons (Fsp3) is 0.571. The summed E-state index contributed by atoms with van der Waals surface area (Å²) in [6, 6.07) is 10.3. The zero-order valence-electron chi connectivity index (χ0n) is 13.1. The lowest BCUT2D eigenvalue weighted by Crippen LogP contribution is -3.00. The molecule has 0 bridgehead atoms. The molecule has 1 aromatic carbocycles. The standard InChI is InChI=1S/C14H25NO3PS.HI/c1-5-17-19(16,18-6-2)20-13-12-15(3,4)14-10-8-7-9-11-14;/h7-11H,5-6,12-13H2,1-4H3;1H/q+1;/p-1. The lowest BCUT2D eigenvalue weighted by atomic mass is 10.2. The molecule has 0 fully saturated rings. The summed E-state index contributed by atoms with van der Waals surface area (Å²) in [4.78, 5) is 0. The van der Waals surface area contributed by atoms with Gasteiger partial charge in [-0.2, -0.15) is 0 Å². The summed E-state index contributed by atoms with van der Waals surface area (Å²) in [5.41, 5.74) is 1.23. The van der Waals surface area contributed by atoms with Gasteiger partial charge in [0.15, 0.2) is 0 Å². The van der Waals surface area contributed by atoms with Gasteiger partial charge in [-0.1, -0.05) is 18.2 Å². The van der Waals surface area contributed by atoms with Crippen molar-refractivity contribution in [2.45, 2.75) is 13.8 Å². The molecule has 0 amide bonds. The van der Waals surface area contributed by atoms with E-state index >= 15 is 0 Å². The fourth-order valence-corrected chi connectivity index (χ4v) is 5.38. The van der Waals surface area contributed by atoms with Crippen LogP contribution in [-0.2, 0) is 13.6 Å². The van der Waals surface area contributed by atoms with Crippen LogP contribution in [0, 0.1) is 0 Å². The molecule has 7 heteroatoms. The molecule has 0 aliphatic heterocycles. The molecule has 0 spiro atoms. The number of rotatable bonds is 9. The van der Waals surface area contributed by atoms with Crippen LogP contribution in [0.2, 0.25) is 0 Å². The van der Waals surface area contributed by atoms with Gasteiger partial charge >= 0.3 is 6.80 Å². The molecular weight excluding hydrogens is 420 g/mol. The van der Waals surface area contributed by atoms with Gasteiger partial charge in [0.2, 0.25) is 0 Å². The first kappa shape index (κ1) is 21.4. The molecule has 0 atom stereocenters. The largest absolute Gasteiger partial charge is 1.00 e. The highest BCUT2D eigenvalue weighted by molar-refractivity contribution is 8.55. The molecule has 0 aromatic heterocycles. The molecule has 0 N–H and O–H groups in total. The summed E-state index contributed by atoms with van der Waals surface area (Å²) < 4.78 is 23.6. The molecule has 0 unspecified atom stereocenters. The highest BCUT2D eigenvalue weighted by Crippen LogP contribution is 2.60. The Morgan fingerprint density at radius 2 is 1.62 bits per heavy atom. The summed E-state index contributed by atoms with van der Waals surface area (Å²) in [6.45, 7) is 2.34. The Balaban J connectivity index is 0.00000400. The van der Waals surface area contributed by atoms with Gasteiger partial charge in [-0.25, -0.2) is 4.57 Å². The fourth-order valence-electron chi connectivity index (χ4n) is 1.77.